The van der Waals surface area contributed by atoms with Crippen LogP contribution in [0.5, 0.6) is 0 Å². The summed E-state index contributed by atoms with van der Waals surface area (Å²) in [6.07, 6.45) is 9.30. The Morgan fingerprint density at radius 1 is 1.05 bits per heavy atom. The third-order valence-electron chi connectivity index (χ3n) is 7.40. The van der Waals surface area contributed by atoms with E-state index < -0.39 is 5.34 Å². The van der Waals surface area contributed by atoms with Gasteiger partial charge in [0, 0.05) is 44.1 Å². The summed E-state index contributed by atoms with van der Waals surface area (Å²) in [7, 11) is 12.9. The van der Waals surface area contributed by atoms with Gasteiger partial charge in [-0.3, -0.25) is 4.79 Å². The zero-order chi connectivity index (χ0) is 27.4. The number of fused-ring (bicyclic) bond motifs is 1. The van der Waals surface area contributed by atoms with Crippen LogP contribution in [0.4, 0.5) is 0 Å². The van der Waals surface area contributed by atoms with Gasteiger partial charge in [-0.15, -0.1) is 0 Å². The number of nitrogens with one attached hydrogen (secondary N) is 1. The molecule has 2 atom stereocenters. The predicted octanol–water partition coefficient (Wildman–Crippen LogP) is 2.66. The first-order valence-corrected chi connectivity index (χ1v) is 13.7. The van der Waals surface area contributed by atoms with Crippen molar-refractivity contribution in [3.63, 3.8) is 0 Å². The molecule has 7 nitrogen and oxygen atoms in total. The molecule has 37 heavy (non-hydrogen) atoms. The van der Waals surface area contributed by atoms with Crippen molar-refractivity contribution in [1.29, 1.82) is 0 Å². The Kier molecular flexibility index (Phi) is 12.6. The molecule has 4 radical (unpaired) electrons. The molecule has 1 aromatic rings. The first-order chi connectivity index (χ1) is 17.7. The van der Waals surface area contributed by atoms with Crippen molar-refractivity contribution in [2.24, 2.45) is 35.0 Å². The fourth-order valence-corrected chi connectivity index (χ4v) is 5.35. The largest absolute Gasteiger partial charge is 0.398 e. The second-order valence-corrected chi connectivity index (χ2v) is 9.86. The summed E-state index contributed by atoms with van der Waals surface area (Å²) in [5, 5.41) is 2.12. The van der Waals surface area contributed by atoms with Crippen LogP contribution < -0.4 is 22.5 Å². The molecule has 2 aliphatic heterocycles. The van der Waals surface area contributed by atoms with Crippen LogP contribution in [0.1, 0.15) is 68.8 Å². The minimum absolute atomic E-state index is 0.124. The zero-order valence-electron chi connectivity index (χ0n) is 22.9. The maximum Gasteiger partial charge on any atom is 0.251 e. The Hall–Kier alpha value is -2.38. The molecule has 1 saturated carbocycles. The van der Waals surface area contributed by atoms with Crippen LogP contribution in [-0.4, -0.2) is 64.7 Å². The second kappa shape index (κ2) is 15.1. The van der Waals surface area contributed by atoms with Crippen LogP contribution in [0.25, 0.3) is 5.70 Å². The van der Waals surface area contributed by atoms with E-state index in [1.165, 1.54) is 25.3 Å². The quantitative estimate of drug-likeness (QED) is 0.349. The van der Waals surface area contributed by atoms with Crippen molar-refractivity contribution in [3.8, 4) is 0 Å². The Morgan fingerprint density at radius 2 is 1.65 bits per heavy atom. The van der Waals surface area contributed by atoms with Gasteiger partial charge in [-0.25, -0.2) is 0 Å². The molecule has 200 valence electrons. The molecule has 4 rings (SSSR count). The summed E-state index contributed by atoms with van der Waals surface area (Å²) in [5.74, 6) is 2.18. The molecular weight excluding hydrogens is 460 g/mol. The van der Waals surface area contributed by atoms with E-state index in [0.29, 0.717) is 23.7 Å². The van der Waals surface area contributed by atoms with Crippen LogP contribution >= 0.6 is 0 Å². The first kappa shape index (κ1) is 30.8. The monoisotopic (exact) mass is 505 g/mol. The van der Waals surface area contributed by atoms with Crippen molar-refractivity contribution in [2.45, 2.75) is 58.2 Å². The fraction of sp³-hybridized carbons (Fsp3) is 0.607. The topological polar surface area (TPSA) is 120 Å². The van der Waals surface area contributed by atoms with E-state index in [0.717, 1.165) is 56.5 Å². The van der Waals surface area contributed by atoms with Crippen molar-refractivity contribution >= 4 is 27.3 Å². The van der Waals surface area contributed by atoms with E-state index in [2.05, 4.69) is 10.2 Å². The number of nitrogens with two attached hydrogens (primary N) is 3. The number of hydrogen-bond acceptors (Lipinski definition) is 6. The van der Waals surface area contributed by atoms with Crippen molar-refractivity contribution < 1.29 is 9.53 Å². The van der Waals surface area contributed by atoms with E-state index in [1.807, 2.05) is 26.8 Å². The maximum atomic E-state index is 11.7. The van der Waals surface area contributed by atoms with Crippen molar-refractivity contribution in [3.05, 3.63) is 53.4 Å². The van der Waals surface area contributed by atoms with Crippen LogP contribution in [0, 0.1) is 17.8 Å². The lowest BCUT2D eigenvalue weighted by molar-refractivity contribution is 0.0375. The zero-order valence-corrected chi connectivity index (χ0v) is 22.9. The number of benzene rings is 1. The molecule has 1 aromatic carbocycles. The lowest BCUT2D eigenvalue weighted by atomic mass is 9.52. The summed E-state index contributed by atoms with van der Waals surface area (Å²) >= 11 is 0. The highest BCUT2D eigenvalue weighted by atomic mass is 16.5. The lowest BCUT2D eigenvalue weighted by Gasteiger charge is -2.45. The van der Waals surface area contributed by atoms with Gasteiger partial charge < -0.3 is 32.2 Å². The first-order valence-electron chi connectivity index (χ1n) is 13.7. The molecule has 2 saturated heterocycles. The normalized spacial score (nSPS) is 22.1. The van der Waals surface area contributed by atoms with Gasteiger partial charge in [0.2, 0.25) is 0 Å². The summed E-state index contributed by atoms with van der Waals surface area (Å²) in [6, 6.07) is 7.04. The standard InChI is InChI=1S/C13H21B2NO.C13H18N4O.C2H6/c14-13(15,12-4-6-17-7-5-12)16-8-10-2-1-3-11(10)9-16;1-2-17-13(18)10-5-3-4-9(8-10)11(14)6-7-12(15)16;1-2/h10-12H,1-9H2;3-8H,2,14-16H2,1H3,(H,17,18);1-2H3/b;11-6-;. The Balaban J connectivity index is 0.000000244. The van der Waals surface area contributed by atoms with Gasteiger partial charge in [0.25, 0.3) is 5.91 Å². The van der Waals surface area contributed by atoms with E-state index >= 15 is 0 Å². The number of amides is 1. The molecule has 0 aromatic heterocycles. The number of hydrogen-bond donors (Lipinski definition) is 4. The predicted molar refractivity (Wildman–Crippen MR) is 155 cm³/mol. The summed E-state index contributed by atoms with van der Waals surface area (Å²) in [4.78, 5) is 14.0. The third-order valence-corrected chi connectivity index (χ3v) is 7.40. The van der Waals surface area contributed by atoms with Gasteiger partial charge >= 0.3 is 0 Å². The molecule has 3 fully saturated rings. The summed E-state index contributed by atoms with van der Waals surface area (Å²) in [6.45, 7) is 10.3. The molecule has 1 amide bonds. The van der Waals surface area contributed by atoms with Gasteiger partial charge in [0.05, 0.1) is 21.5 Å². The minimum atomic E-state index is -0.603. The van der Waals surface area contributed by atoms with Crippen molar-refractivity contribution in [2.75, 3.05) is 32.8 Å². The van der Waals surface area contributed by atoms with Crippen molar-refractivity contribution in [1.82, 2.24) is 10.2 Å². The number of nitrogens with zero attached hydrogens (tertiary/aromatic N) is 1. The molecule has 3 aliphatic rings. The SMILES string of the molecule is CC.CCNC(=O)c1cccc(/C(N)=C/C=C(N)N)c1.[B]C([B])(C1CCOCC1)N1CC2CCCC2C1. The Morgan fingerprint density at radius 3 is 2.22 bits per heavy atom. The smallest absolute Gasteiger partial charge is 0.251 e. The average molecular weight is 505 g/mol. The molecule has 9 heteroatoms. The van der Waals surface area contributed by atoms with E-state index in [9.17, 15) is 4.79 Å². The number of carbonyl (C=O) groups excluding carboxylic acids is 1. The molecule has 7 N–H and O–H groups in total. The molecule has 2 unspecified atom stereocenters. The van der Waals surface area contributed by atoms with Gasteiger partial charge in [-0.05, 0) is 80.2 Å². The number of allylic oxidation sites excluding steroid dienone is 2. The maximum absolute atomic E-state index is 11.7. The van der Waals surface area contributed by atoms with Crippen LogP contribution in [0.3, 0.4) is 0 Å². The van der Waals surface area contributed by atoms with Gasteiger partial charge in [0.1, 0.15) is 0 Å². The third kappa shape index (κ3) is 8.85. The Labute approximate surface area is 226 Å². The lowest BCUT2D eigenvalue weighted by Crippen LogP contribution is -2.55. The highest BCUT2D eigenvalue weighted by Gasteiger charge is 2.43. The number of ether oxygens (including phenoxy) is 1. The van der Waals surface area contributed by atoms with Gasteiger partial charge in [-0.2, -0.15) is 0 Å². The van der Waals surface area contributed by atoms with Gasteiger partial charge in [-0.1, -0.05) is 37.7 Å². The number of carbonyl (C=O) groups is 1. The van der Waals surface area contributed by atoms with E-state index in [1.54, 1.807) is 24.3 Å². The Bertz CT molecular complexity index is 900. The van der Waals surface area contributed by atoms with Crippen LogP contribution in [-0.2, 0) is 4.74 Å². The molecular formula is C28H45B2N5O2. The summed E-state index contributed by atoms with van der Waals surface area (Å²) < 4.78 is 5.40. The molecule has 0 spiro atoms. The average Bonchev–Trinajstić information content (AvgIpc) is 3.53. The molecule has 1 aliphatic carbocycles. The molecule has 0 bridgehead atoms. The van der Waals surface area contributed by atoms with Crippen LogP contribution in [0.15, 0.2) is 42.2 Å². The van der Waals surface area contributed by atoms with E-state index in [4.69, 9.17) is 37.6 Å². The highest BCUT2D eigenvalue weighted by molar-refractivity contribution is 6.40. The second-order valence-electron chi connectivity index (χ2n) is 9.86. The van der Waals surface area contributed by atoms with E-state index in [-0.39, 0.29) is 11.7 Å². The minimum Gasteiger partial charge on any atom is -0.398 e. The van der Waals surface area contributed by atoms with Crippen LogP contribution in [0.2, 0.25) is 0 Å². The van der Waals surface area contributed by atoms with Gasteiger partial charge in [0.15, 0.2) is 0 Å². The number of likely N-dealkylation sites (tertiary alicyclic amines) is 1. The fourth-order valence-electron chi connectivity index (χ4n) is 5.35. The summed E-state index contributed by atoms with van der Waals surface area (Å²) in [5.41, 5.74) is 18.3. The molecule has 2 heterocycles. The number of rotatable bonds is 6. The highest BCUT2D eigenvalue weighted by Crippen LogP contribution is 2.41.